The summed E-state index contributed by atoms with van der Waals surface area (Å²) in [7, 11) is 0. The van der Waals surface area contributed by atoms with Gasteiger partial charge >= 0.3 is 6.09 Å². The monoisotopic (exact) mass is 525 g/mol. The maximum Gasteiger partial charge on any atom is 0.407 e. The second-order valence-electron chi connectivity index (χ2n) is 11.4. The molecule has 4 aromatic rings. The molecule has 0 radical (unpaired) electrons. The van der Waals surface area contributed by atoms with E-state index < -0.39 is 17.1 Å². The fraction of sp³-hybridized carbons (Fsp3) is 0.344. The summed E-state index contributed by atoms with van der Waals surface area (Å²) in [6.45, 7) is 7.92. The maximum absolute atomic E-state index is 12.7. The van der Waals surface area contributed by atoms with Crippen LogP contribution in [0.4, 0.5) is 4.79 Å². The number of amides is 1. The van der Waals surface area contributed by atoms with Crippen molar-refractivity contribution in [2.45, 2.75) is 64.7 Å². The van der Waals surface area contributed by atoms with Crippen LogP contribution in [0.25, 0.3) is 22.2 Å². The van der Waals surface area contributed by atoms with E-state index in [2.05, 4.69) is 41.5 Å². The fourth-order valence-corrected chi connectivity index (χ4v) is 5.74. The van der Waals surface area contributed by atoms with Crippen molar-refractivity contribution in [2.75, 3.05) is 6.54 Å². The highest BCUT2D eigenvalue weighted by Crippen LogP contribution is 2.42. The van der Waals surface area contributed by atoms with E-state index >= 15 is 0 Å². The number of aryl methyl sites for hydroxylation is 1. The number of fused-ring (bicyclic) bond motifs is 2. The predicted molar refractivity (Wildman–Crippen MR) is 152 cm³/mol. The van der Waals surface area contributed by atoms with Gasteiger partial charge in [0.1, 0.15) is 24.3 Å². The lowest BCUT2D eigenvalue weighted by molar-refractivity contribution is 0.0514. The number of hydrogen-bond donors (Lipinski definition) is 2. The Labute approximate surface area is 228 Å². The van der Waals surface area contributed by atoms with Gasteiger partial charge in [-0.2, -0.15) is 0 Å². The van der Waals surface area contributed by atoms with Gasteiger partial charge in [-0.15, -0.1) is 0 Å². The standard InChI is InChI=1S/C32H35N3O4/c1-5-22-17-33-29-27(11-12-35(29)20-37)28(22)23-7-6-8-26(14-23)32(19-34-30(38)39-31(2,3)4)15-24-10-9-21(18-36)13-25(24)16-32/h6-14,17-18,37H,5,15-16,19-20H2,1-4H3,(H,34,38). The van der Waals surface area contributed by atoms with Gasteiger partial charge in [0.25, 0.3) is 0 Å². The number of benzene rings is 2. The van der Waals surface area contributed by atoms with E-state index in [-0.39, 0.29) is 6.73 Å². The average Bonchev–Trinajstić information content (AvgIpc) is 3.51. The summed E-state index contributed by atoms with van der Waals surface area (Å²) in [5.74, 6) is 0. The third-order valence-electron chi connectivity index (χ3n) is 7.56. The number of aromatic nitrogens is 2. The van der Waals surface area contributed by atoms with Crippen LogP contribution in [0, 0.1) is 0 Å². The molecule has 7 nitrogen and oxygen atoms in total. The molecule has 0 fully saturated rings. The minimum atomic E-state index is -0.594. The quantitative estimate of drug-likeness (QED) is 0.307. The van der Waals surface area contributed by atoms with Gasteiger partial charge in [-0.05, 0) is 85.5 Å². The number of aldehydes is 1. The van der Waals surface area contributed by atoms with E-state index in [0.717, 1.165) is 58.0 Å². The summed E-state index contributed by atoms with van der Waals surface area (Å²) < 4.78 is 7.28. The lowest BCUT2D eigenvalue weighted by atomic mass is 9.76. The summed E-state index contributed by atoms with van der Waals surface area (Å²) in [6.07, 6.45) is 6.41. The number of nitrogens with zero attached hydrogens (tertiary/aromatic N) is 2. The normalized spacial score (nSPS) is 16.7. The van der Waals surface area contributed by atoms with Gasteiger partial charge in [-0.1, -0.05) is 43.3 Å². The van der Waals surface area contributed by atoms with Crippen LogP contribution < -0.4 is 5.32 Å². The molecule has 0 spiro atoms. The minimum absolute atomic E-state index is 0.137. The Morgan fingerprint density at radius 3 is 2.67 bits per heavy atom. The number of aliphatic hydroxyl groups is 1. The number of ether oxygens (including phenoxy) is 1. The lowest BCUT2D eigenvalue weighted by Gasteiger charge is -2.31. The number of alkyl carbamates (subject to hydrolysis) is 1. The molecule has 2 N–H and O–H groups in total. The minimum Gasteiger partial charge on any atom is -0.444 e. The SMILES string of the molecule is CCc1cnc2c(ccn2CO)c1-c1cccc(C2(CNC(=O)OC(C)(C)C)Cc3ccc(C=O)cc3C2)c1. The Balaban J connectivity index is 1.59. The van der Waals surface area contributed by atoms with Crippen LogP contribution in [0.3, 0.4) is 0 Å². The van der Waals surface area contributed by atoms with Crippen molar-refractivity contribution in [3.8, 4) is 11.1 Å². The molecule has 1 unspecified atom stereocenters. The van der Waals surface area contributed by atoms with E-state index in [9.17, 15) is 14.7 Å². The molecular weight excluding hydrogens is 490 g/mol. The van der Waals surface area contributed by atoms with Gasteiger partial charge in [0, 0.05) is 35.3 Å². The molecule has 1 amide bonds. The Morgan fingerprint density at radius 1 is 1.15 bits per heavy atom. The van der Waals surface area contributed by atoms with E-state index in [4.69, 9.17) is 4.74 Å². The van der Waals surface area contributed by atoms with Crippen molar-refractivity contribution in [2.24, 2.45) is 0 Å². The van der Waals surface area contributed by atoms with Gasteiger partial charge in [0.05, 0.1) is 0 Å². The fourth-order valence-electron chi connectivity index (χ4n) is 5.74. The number of carbonyl (C=O) groups is 2. The molecule has 1 aliphatic rings. The van der Waals surface area contributed by atoms with Crippen LogP contribution in [0.15, 0.2) is 60.9 Å². The summed E-state index contributed by atoms with van der Waals surface area (Å²) >= 11 is 0. The highest BCUT2D eigenvalue weighted by atomic mass is 16.6. The van der Waals surface area contributed by atoms with Gasteiger partial charge in [-0.3, -0.25) is 4.79 Å². The molecule has 1 aliphatic carbocycles. The Hall–Kier alpha value is -3.97. The van der Waals surface area contributed by atoms with E-state index in [0.29, 0.717) is 18.5 Å². The van der Waals surface area contributed by atoms with Gasteiger partial charge in [-0.25, -0.2) is 9.78 Å². The van der Waals surface area contributed by atoms with Crippen molar-refractivity contribution >= 4 is 23.4 Å². The van der Waals surface area contributed by atoms with Gasteiger partial charge < -0.3 is 19.7 Å². The Kier molecular flexibility index (Phi) is 7.03. The molecule has 5 rings (SSSR count). The van der Waals surface area contributed by atoms with Gasteiger partial charge in [0.2, 0.25) is 0 Å². The van der Waals surface area contributed by atoms with Crippen molar-refractivity contribution in [3.05, 3.63) is 88.7 Å². The van der Waals surface area contributed by atoms with Crippen molar-refractivity contribution in [1.82, 2.24) is 14.9 Å². The highest BCUT2D eigenvalue weighted by Gasteiger charge is 2.40. The lowest BCUT2D eigenvalue weighted by Crippen LogP contribution is -2.43. The van der Waals surface area contributed by atoms with Crippen LogP contribution in [0.5, 0.6) is 0 Å². The molecule has 202 valence electrons. The van der Waals surface area contributed by atoms with Crippen LogP contribution in [-0.4, -0.2) is 39.2 Å². The van der Waals surface area contributed by atoms with E-state index in [1.807, 2.05) is 57.4 Å². The first-order valence-corrected chi connectivity index (χ1v) is 13.4. The summed E-state index contributed by atoms with van der Waals surface area (Å²) in [5, 5.41) is 13.8. The number of hydrogen-bond acceptors (Lipinski definition) is 5. The molecular formula is C32H35N3O4. The molecule has 2 heterocycles. The van der Waals surface area contributed by atoms with Crippen molar-refractivity contribution in [1.29, 1.82) is 0 Å². The first-order valence-electron chi connectivity index (χ1n) is 13.4. The second kappa shape index (κ2) is 10.3. The highest BCUT2D eigenvalue weighted by molar-refractivity contribution is 5.95. The van der Waals surface area contributed by atoms with Crippen LogP contribution in [0.2, 0.25) is 0 Å². The van der Waals surface area contributed by atoms with Crippen molar-refractivity contribution in [3.63, 3.8) is 0 Å². The molecule has 0 saturated heterocycles. The smallest absolute Gasteiger partial charge is 0.407 e. The first-order chi connectivity index (χ1) is 18.7. The zero-order valence-corrected chi connectivity index (χ0v) is 23.0. The van der Waals surface area contributed by atoms with Crippen LogP contribution in [-0.2, 0) is 36.1 Å². The molecule has 0 aliphatic heterocycles. The number of pyridine rings is 1. The average molecular weight is 526 g/mol. The molecule has 7 heteroatoms. The third-order valence-corrected chi connectivity index (χ3v) is 7.56. The predicted octanol–water partition coefficient (Wildman–Crippen LogP) is 5.59. The topological polar surface area (TPSA) is 93.5 Å². The zero-order chi connectivity index (χ0) is 27.8. The molecule has 2 aromatic heterocycles. The summed E-state index contributed by atoms with van der Waals surface area (Å²) in [5.41, 5.74) is 7.09. The molecule has 2 aromatic carbocycles. The summed E-state index contributed by atoms with van der Waals surface area (Å²) in [4.78, 5) is 28.8. The zero-order valence-electron chi connectivity index (χ0n) is 23.0. The molecule has 39 heavy (non-hydrogen) atoms. The number of aliphatic hydroxyl groups excluding tert-OH is 1. The number of rotatable bonds is 7. The van der Waals surface area contributed by atoms with Crippen molar-refractivity contribution < 1.29 is 19.4 Å². The molecule has 1 atom stereocenters. The number of carbonyl (C=O) groups excluding carboxylic acids is 2. The molecule has 0 bridgehead atoms. The number of nitrogens with one attached hydrogen (secondary N) is 1. The largest absolute Gasteiger partial charge is 0.444 e. The molecule has 0 saturated carbocycles. The van der Waals surface area contributed by atoms with E-state index in [1.165, 1.54) is 5.56 Å². The summed E-state index contributed by atoms with van der Waals surface area (Å²) in [6, 6.07) is 16.4. The Morgan fingerprint density at radius 2 is 1.95 bits per heavy atom. The third kappa shape index (κ3) is 5.19. The van der Waals surface area contributed by atoms with Crippen LogP contribution in [0.1, 0.15) is 60.3 Å². The van der Waals surface area contributed by atoms with Crippen LogP contribution >= 0.6 is 0 Å². The first kappa shape index (κ1) is 26.6. The van der Waals surface area contributed by atoms with Gasteiger partial charge in [0.15, 0.2) is 0 Å². The second-order valence-corrected chi connectivity index (χ2v) is 11.4. The Bertz CT molecular complexity index is 1550. The van der Waals surface area contributed by atoms with E-state index in [1.54, 1.807) is 4.57 Å². The maximum atomic E-state index is 12.7.